The Balaban J connectivity index is 1.58. The van der Waals surface area contributed by atoms with Crippen molar-refractivity contribution in [3.63, 3.8) is 0 Å². The number of benzene rings is 7. The highest BCUT2D eigenvalue weighted by Crippen LogP contribution is 2.43. The van der Waals surface area contributed by atoms with Crippen LogP contribution in [-0.2, 0) is 0 Å². The molecule has 0 heteroatoms. The van der Waals surface area contributed by atoms with Crippen LogP contribution in [0.5, 0.6) is 0 Å². The molecule has 0 bridgehead atoms. The number of hydrogen-bond donors (Lipinski definition) is 0. The Morgan fingerprint density at radius 3 is 1.67 bits per heavy atom. The summed E-state index contributed by atoms with van der Waals surface area (Å²) in [6.45, 7) is 2.21. The van der Waals surface area contributed by atoms with Crippen molar-refractivity contribution < 1.29 is 0 Å². The van der Waals surface area contributed by atoms with Gasteiger partial charge in [-0.1, -0.05) is 115 Å². The summed E-state index contributed by atoms with van der Waals surface area (Å²) in [7, 11) is 0. The fraction of sp³-hybridized carbons (Fsp3) is 0.0303. The lowest BCUT2D eigenvalue weighted by atomic mass is 9.86. The first-order chi connectivity index (χ1) is 16.3. The van der Waals surface area contributed by atoms with Gasteiger partial charge >= 0.3 is 0 Å². The summed E-state index contributed by atoms with van der Waals surface area (Å²) < 4.78 is 0. The van der Waals surface area contributed by atoms with Gasteiger partial charge in [-0.3, -0.25) is 0 Å². The Morgan fingerprint density at radius 1 is 0.364 bits per heavy atom. The molecule has 0 unspecified atom stereocenters. The summed E-state index contributed by atoms with van der Waals surface area (Å²) in [5.74, 6) is 0. The summed E-state index contributed by atoms with van der Waals surface area (Å²) >= 11 is 0. The summed E-state index contributed by atoms with van der Waals surface area (Å²) in [5, 5.41) is 10.7. The van der Waals surface area contributed by atoms with E-state index in [0.717, 1.165) is 0 Å². The van der Waals surface area contributed by atoms with Gasteiger partial charge in [-0.25, -0.2) is 0 Å². The van der Waals surface area contributed by atoms with Gasteiger partial charge in [-0.2, -0.15) is 0 Å². The Morgan fingerprint density at radius 2 is 0.879 bits per heavy atom. The molecule has 0 saturated carbocycles. The molecule has 0 spiro atoms. The fourth-order valence-corrected chi connectivity index (χ4v) is 5.59. The number of rotatable bonds is 2. The minimum atomic E-state index is 1.26. The van der Waals surface area contributed by atoms with Crippen LogP contribution in [0.1, 0.15) is 5.56 Å². The minimum Gasteiger partial charge on any atom is -0.0622 e. The van der Waals surface area contributed by atoms with E-state index in [1.165, 1.54) is 70.9 Å². The predicted octanol–water partition coefficient (Wildman–Crippen LogP) is 9.38. The summed E-state index contributed by atoms with van der Waals surface area (Å²) in [6.07, 6.45) is 0. The molecule has 0 N–H and O–H groups in total. The van der Waals surface area contributed by atoms with Crippen LogP contribution in [0.3, 0.4) is 0 Å². The number of hydrogen-bond acceptors (Lipinski definition) is 0. The smallest absolute Gasteiger partial charge is 0.00205 e. The monoisotopic (exact) mass is 418 g/mol. The number of aryl methyl sites for hydroxylation is 1. The largest absolute Gasteiger partial charge is 0.0622 e. The SMILES string of the molecule is Cc1ccc2ccc3c(-c4ccc(-c5ccccc5)c5ccccc45)ccc4ccc1c2c43. The molecule has 0 radical (unpaired) electrons. The third-order valence-corrected chi connectivity index (χ3v) is 7.18. The van der Waals surface area contributed by atoms with Crippen LogP contribution in [0.25, 0.3) is 65.3 Å². The van der Waals surface area contributed by atoms with Crippen molar-refractivity contribution in [3.05, 3.63) is 121 Å². The van der Waals surface area contributed by atoms with Crippen molar-refractivity contribution in [1.29, 1.82) is 0 Å². The van der Waals surface area contributed by atoms with Crippen molar-refractivity contribution in [2.75, 3.05) is 0 Å². The van der Waals surface area contributed by atoms with Crippen LogP contribution in [0.4, 0.5) is 0 Å². The van der Waals surface area contributed by atoms with Crippen LogP contribution >= 0.6 is 0 Å². The van der Waals surface area contributed by atoms with Crippen molar-refractivity contribution >= 4 is 43.1 Å². The van der Waals surface area contributed by atoms with Crippen LogP contribution in [0.15, 0.2) is 115 Å². The average Bonchev–Trinajstić information content (AvgIpc) is 2.88. The normalized spacial score (nSPS) is 11.8. The van der Waals surface area contributed by atoms with Crippen molar-refractivity contribution in [2.24, 2.45) is 0 Å². The third kappa shape index (κ3) is 2.64. The predicted molar refractivity (Wildman–Crippen MR) is 143 cm³/mol. The second-order valence-corrected chi connectivity index (χ2v) is 8.99. The molecule has 0 nitrogen and oxygen atoms in total. The van der Waals surface area contributed by atoms with Crippen molar-refractivity contribution in [3.8, 4) is 22.3 Å². The molecule has 0 saturated heterocycles. The molecule has 0 amide bonds. The van der Waals surface area contributed by atoms with E-state index in [4.69, 9.17) is 0 Å². The van der Waals surface area contributed by atoms with Gasteiger partial charge in [-0.05, 0) is 77.8 Å². The van der Waals surface area contributed by atoms with E-state index >= 15 is 0 Å². The van der Waals surface area contributed by atoms with Gasteiger partial charge in [0.25, 0.3) is 0 Å². The van der Waals surface area contributed by atoms with Gasteiger partial charge in [0.05, 0.1) is 0 Å². The van der Waals surface area contributed by atoms with E-state index in [1.807, 2.05) is 0 Å². The van der Waals surface area contributed by atoms with E-state index in [0.29, 0.717) is 0 Å². The molecular weight excluding hydrogens is 396 g/mol. The van der Waals surface area contributed by atoms with E-state index in [9.17, 15) is 0 Å². The fourth-order valence-electron chi connectivity index (χ4n) is 5.59. The lowest BCUT2D eigenvalue weighted by molar-refractivity contribution is 1.55. The Hall–Kier alpha value is -4.16. The number of fused-ring (bicyclic) bond motifs is 1. The molecule has 0 aliphatic carbocycles. The lowest BCUT2D eigenvalue weighted by Gasteiger charge is -2.17. The summed E-state index contributed by atoms with van der Waals surface area (Å²) in [5.41, 5.74) is 6.46. The lowest BCUT2D eigenvalue weighted by Crippen LogP contribution is -1.90. The van der Waals surface area contributed by atoms with E-state index < -0.39 is 0 Å². The molecule has 0 fully saturated rings. The van der Waals surface area contributed by atoms with Gasteiger partial charge in [0.1, 0.15) is 0 Å². The molecule has 0 aliphatic rings. The molecule has 0 aliphatic heterocycles. The van der Waals surface area contributed by atoms with Gasteiger partial charge in [0.15, 0.2) is 0 Å². The zero-order valence-electron chi connectivity index (χ0n) is 18.5. The van der Waals surface area contributed by atoms with Crippen LogP contribution < -0.4 is 0 Å². The molecule has 0 aromatic heterocycles. The van der Waals surface area contributed by atoms with Crippen molar-refractivity contribution in [1.82, 2.24) is 0 Å². The van der Waals surface area contributed by atoms with Crippen LogP contribution in [0, 0.1) is 6.92 Å². The maximum absolute atomic E-state index is 2.31. The standard InChI is InChI=1S/C33H22/c1-21-11-12-23-15-18-31-30(17-14-24-13-16-25(21)32(23)33(24)31)29-20-19-26(22-7-3-2-4-8-22)27-9-5-6-10-28(27)29/h2-20H,1H3. The Bertz CT molecular complexity index is 1810. The molecule has 0 atom stereocenters. The highest BCUT2D eigenvalue weighted by Gasteiger charge is 2.15. The Kier molecular flexibility index (Phi) is 3.86. The quantitative estimate of drug-likeness (QED) is 0.245. The van der Waals surface area contributed by atoms with Gasteiger partial charge in [0, 0.05) is 0 Å². The molecule has 7 aromatic rings. The second-order valence-electron chi connectivity index (χ2n) is 8.99. The molecule has 0 heterocycles. The molecular formula is C33H22. The maximum atomic E-state index is 2.31. The highest BCUT2D eigenvalue weighted by molar-refractivity contribution is 6.26. The van der Waals surface area contributed by atoms with Crippen LogP contribution in [-0.4, -0.2) is 0 Å². The average molecular weight is 419 g/mol. The summed E-state index contributed by atoms with van der Waals surface area (Å²) in [6, 6.07) is 42.3. The van der Waals surface area contributed by atoms with E-state index in [-0.39, 0.29) is 0 Å². The minimum absolute atomic E-state index is 1.26. The van der Waals surface area contributed by atoms with Gasteiger partial charge in [0.2, 0.25) is 0 Å². The Labute approximate surface area is 193 Å². The molecule has 33 heavy (non-hydrogen) atoms. The first-order valence-electron chi connectivity index (χ1n) is 11.5. The molecule has 7 rings (SSSR count). The van der Waals surface area contributed by atoms with E-state index in [1.54, 1.807) is 0 Å². The highest BCUT2D eigenvalue weighted by atomic mass is 14.2. The maximum Gasteiger partial charge on any atom is -0.00205 e. The first-order valence-corrected chi connectivity index (χ1v) is 11.5. The first kappa shape index (κ1) is 18.4. The molecule has 154 valence electrons. The zero-order valence-corrected chi connectivity index (χ0v) is 18.5. The van der Waals surface area contributed by atoms with Gasteiger partial charge < -0.3 is 0 Å². The van der Waals surface area contributed by atoms with Crippen LogP contribution in [0.2, 0.25) is 0 Å². The topological polar surface area (TPSA) is 0 Å². The zero-order chi connectivity index (χ0) is 21.9. The third-order valence-electron chi connectivity index (χ3n) is 7.18. The van der Waals surface area contributed by atoms with Crippen molar-refractivity contribution in [2.45, 2.75) is 6.92 Å². The second kappa shape index (κ2) is 6.92. The van der Waals surface area contributed by atoms with Gasteiger partial charge in [-0.15, -0.1) is 0 Å². The summed E-state index contributed by atoms with van der Waals surface area (Å²) in [4.78, 5) is 0. The van der Waals surface area contributed by atoms with E-state index in [2.05, 4.69) is 122 Å². The molecule has 7 aromatic carbocycles.